The second-order valence-corrected chi connectivity index (χ2v) is 7.36. The number of carbonyl (C=O) groups is 1. The van der Waals surface area contributed by atoms with Crippen LogP contribution >= 0.6 is 10.7 Å². The first kappa shape index (κ1) is 14.3. The van der Waals surface area contributed by atoms with E-state index in [1.54, 1.807) is 6.92 Å². The van der Waals surface area contributed by atoms with Crippen molar-refractivity contribution < 1.29 is 13.2 Å². The lowest BCUT2D eigenvalue weighted by Gasteiger charge is -2.47. The van der Waals surface area contributed by atoms with Crippen LogP contribution in [0.1, 0.15) is 37.8 Å². The molecule has 0 saturated carbocycles. The first-order valence-electron chi connectivity index (χ1n) is 6.16. The monoisotopic (exact) mass is 301 g/mol. The van der Waals surface area contributed by atoms with Gasteiger partial charge in [0.2, 0.25) is 5.91 Å². The SMILES string of the molecule is CCCc1ccc(C2(C)CC(=O)N2S(=O)(=O)Cl)cc1. The minimum Gasteiger partial charge on any atom is -0.274 e. The van der Waals surface area contributed by atoms with Crippen molar-refractivity contribution in [2.24, 2.45) is 0 Å². The molecule has 6 heteroatoms. The van der Waals surface area contributed by atoms with Gasteiger partial charge in [-0.3, -0.25) is 4.79 Å². The zero-order valence-electron chi connectivity index (χ0n) is 10.9. The normalized spacial score (nSPS) is 23.3. The van der Waals surface area contributed by atoms with Crippen LogP contribution < -0.4 is 0 Å². The van der Waals surface area contributed by atoms with E-state index < -0.39 is 20.7 Å². The zero-order chi connectivity index (χ0) is 14.3. The Kier molecular flexibility index (Phi) is 3.62. The van der Waals surface area contributed by atoms with Crippen LogP contribution in [0, 0.1) is 0 Å². The first-order valence-corrected chi connectivity index (χ1v) is 8.43. The minimum absolute atomic E-state index is 0.159. The number of nitrogens with zero attached hydrogens (tertiary/aromatic N) is 1. The van der Waals surface area contributed by atoms with Crippen molar-refractivity contribution in [2.75, 3.05) is 0 Å². The van der Waals surface area contributed by atoms with Crippen LogP contribution in [0.25, 0.3) is 0 Å². The quantitative estimate of drug-likeness (QED) is 0.634. The standard InChI is InChI=1S/C13H16ClNO3S/c1-3-4-10-5-7-11(8-6-10)13(2)9-12(16)15(13)19(14,17)18/h5-8H,3-4,9H2,1-2H3. The molecule has 1 aromatic rings. The molecule has 0 bridgehead atoms. The van der Waals surface area contributed by atoms with E-state index in [0.717, 1.165) is 22.7 Å². The average molecular weight is 302 g/mol. The minimum atomic E-state index is -4.04. The van der Waals surface area contributed by atoms with Gasteiger partial charge in [0.05, 0.1) is 12.0 Å². The third-order valence-corrected chi connectivity index (χ3v) is 4.96. The predicted molar refractivity (Wildman–Crippen MR) is 74.0 cm³/mol. The van der Waals surface area contributed by atoms with Crippen LogP contribution in [0.15, 0.2) is 24.3 Å². The molecule has 1 aromatic carbocycles. The summed E-state index contributed by atoms with van der Waals surface area (Å²) < 4.78 is 23.7. The van der Waals surface area contributed by atoms with Gasteiger partial charge in [-0.05, 0) is 24.5 Å². The maximum Gasteiger partial charge on any atom is 0.324 e. The molecule has 1 heterocycles. The third kappa shape index (κ3) is 2.49. The predicted octanol–water partition coefficient (Wildman–Crippen LogP) is 2.57. The van der Waals surface area contributed by atoms with Gasteiger partial charge in [0.15, 0.2) is 0 Å². The van der Waals surface area contributed by atoms with E-state index in [-0.39, 0.29) is 6.42 Å². The van der Waals surface area contributed by atoms with Gasteiger partial charge >= 0.3 is 9.24 Å². The molecule has 104 valence electrons. The molecule has 0 aromatic heterocycles. The van der Waals surface area contributed by atoms with Gasteiger partial charge in [0, 0.05) is 10.7 Å². The van der Waals surface area contributed by atoms with Crippen LogP contribution in [0.2, 0.25) is 0 Å². The van der Waals surface area contributed by atoms with E-state index in [0.29, 0.717) is 0 Å². The summed E-state index contributed by atoms with van der Waals surface area (Å²) in [6, 6.07) is 7.66. The lowest BCUT2D eigenvalue weighted by Crippen LogP contribution is -2.60. The van der Waals surface area contributed by atoms with Crippen molar-refractivity contribution in [1.29, 1.82) is 0 Å². The number of β-lactam (4-membered cyclic amide) rings is 1. The Morgan fingerprint density at radius 2 is 1.89 bits per heavy atom. The molecule has 0 N–H and O–H groups in total. The van der Waals surface area contributed by atoms with Gasteiger partial charge in [0.25, 0.3) is 0 Å². The highest BCUT2D eigenvalue weighted by molar-refractivity contribution is 8.12. The van der Waals surface area contributed by atoms with E-state index in [4.69, 9.17) is 10.7 Å². The Hall–Kier alpha value is -1.07. The van der Waals surface area contributed by atoms with E-state index in [1.807, 2.05) is 24.3 Å². The second kappa shape index (κ2) is 4.80. The molecule has 1 fully saturated rings. The Labute approximate surface area is 117 Å². The molecular formula is C13H16ClNO3S. The topological polar surface area (TPSA) is 54.5 Å². The van der Waals surface area contributed by atoms with Gasteiger partial charge in [-0.25, -0.2) is 4.31 Å². The Balaban J connectivity index is 2.33. The summed E-state index contributed by atoms with van der Waals surface area (Å²) in [5.41, 5.74) is 1.12. The number of rotatable bonds is 4. The highest BCUT2D eigenvalue weighted by Gasteiger charge is 2.54. The van der Waals surface area contributed by atoms with Crippen molar-refractivity contribution in [1.82, 2.24) is 4.31 Å². The molecule has 2 rings (SSSR count). The number of carbonyl (C=O) groups excluding carboxylic acids is 1. The van der Waals surface area contributed by atoms with E-state index in [2.05, 4.69) is 6.92 Å². The fourth-order valence-electron chi connectivity index (χ4n) is 2.52. The number of amides is 1. The van der Waals surface area contributed by atoms with E-state index in [1.165, 1.54) is 5.56 Å². The van der Waals surface area contributed by atoms with Gasteiger partial charge in [0.1, 0.15) is 0 Å². The van der Waals surface area contributed by atoms with Gasteiger partial charge < -0.3 is 0 Å². The van der Waals surface area contributed by atoms with Crippen molar-refractivity contribution in [3.05, 3.63) is 35.4 Å². The molecule has 4 nitrogen and oxygen atoms in total. The smallest absolute Gasteiger partial charge is 0.274 e. The molecule has 0 radical (unpaired) electrons. The summed E-state index contributed by atoms with van der Waals surface area (Å²) in [4.78, 5) is 11.5. The van der Waals surface area contributed by atoms with Crippen LogP contribution in [-0.2, 0) is 26.0 Å². The molecule has 0 spiro atoms. The molecule has 1 atom stereocenters. The first-order chi connectivity index (χ1) is 8.79. The van der Waals surface area contributed by atoms with Crippen LogP contribution in [-0.4, -0.2) is 18.6 Å². The maximum atomic E-state index is 11.5. The Morgan fingerprint density at radius 3 is 2.32 bits per heavy atom. The molecule has 1 amide bonds. The number of benzene rings is 1. The summed E-state index contributed by atoms with van der Waals surface area (Å²) in [5, 5.41) is 0. The largest absolute Gasteiger partial charge is 0.324 e. The fourth-order valence-corrected chi connectivity index (χ4v) is 4.17. The maximum absolute atomic E-state index is 11.5. The third-order valence-electron chi connectivity index (χ3n) is 3.50. The van der Waals surface area contributed by atoms with Crippen LogP contribution in [0.3, 0.4) is 0 Å². The number of halogens is 1. The van der Waals surface area contributed by atoms with Crippen molar-refractivity contribution in [3.63, 3.8) is 0 Å². The molecule has 19 heavy (non-hydrogen) atoms. The summed E-state index contributed by atoms with van der Waals surface area (Å²) in [5.74, 6) is -0.463. The Morgan fingerprint density at radius 1 is 1.32 bits per heavy atom. The van der Waals surface area contributed by atoms with Crippen LogP contribution in [0.4, 0.5) is 0 Å². The molecule has 0 aliphatic carbocycles. The molecule has 1 aliphatic rings. The summed E-state index contributed by atoms with van der Waals surface area (Å²) in [6.07, 6.45) is 2.19. The average Bonchev–Trinajstić information content (AvgIpc) is 2.27. The highest BCUT2D eigenvalue weighted by atomic mass is 35.7. The fraction of sp³-hybridized carbons (Fsp3) is 0.462. The number of hydrogen-bond donors (Lipinski definition) is 0. The molecule has 1 unspecified atom stereocenters. The van der Waals surface area contributed by atoms with E-state index >= 15 is 0 Å². The summed E-state index contributed by atoms with van der Waals surface area (Å²) in [7, 11) is 1.29. The van der Waals surface area contributed by atoms with E-state index in [9.17, 15) is 13.2 Å². The number of hydrogen-bond acceptors (Lipinski definition) is 3. The Bertz CT molecular complexity index is 597. The van der Waals surface area contributed by atoms with Crippen molar-refractivity contribution in [2.45, 2.75) is 38.6 Å². The van der Waals surface area contributed by atoms with Crippen LogP contribution in [0.5, 0.6) is 0 Å². The summed E-state index contributed by atoms with van der Waals surface area (Å²) >= 11 is 0. The highest BCUT2D eigenvalue weighted by Crippen LogP contribution is 2.44. The number of aryl methyl sites for hydroxylation is 1. The summed E-state index contributed by atoms with van der Waals surface area (Å²) in [6.45, 7) is 3.81. The van der Waals surface area contributed by atoms with Crippen molar-refractivity contribution in [3.8, 4) is 0 Å². The van der Waals surface area contributed by atoms with Crippen molar-refractivity contribution >= 4 is 25.8 Å². The van der Waals surface area contributed by atoms with Gasteiger partial charge in [-0.1, -0.05) is 37.6 Å². The molecule has 1 aliphatic heterocycles. The molecule has 1 saturated heterocycles. The van der Waals surface area contributed by atoms with Gasteiger partial charge in [-0.2, -0.15) is 8.42 Å². The van der Waals surface area contributed by atoms with Gasteiger partial charge in [-0.15, -0.1) is 0 Å². The second-order valence-electron chi connectivity index (χ2n) is 5.00. The lowest BCUT2D eigenvalue weighted by atomic mass is 9.81. The zero-order valence-corrected chi connectivity index (χ0v) is 12.5. The lowest BCUT2D eigenvalue weighted by molar-refractivity contribution is -0.144. The molecular weight excluding hydrogens is 286 g/mol.